The van der Waals surface area contributed by atoms with Gasteiger partial charge in [-0.3, -0.25) is 14.6 Å². The number of aliphatic carboxylic acids is 1. The Bertz CT molecular complexity index is 530. The van der Waals surface area contributed by atoms with E-state index in [2.05, 4.69) is 20.8 Å². The number of benzene rings is 1. The lowest BCUT2D eigenvalue weighted by Crippen LogP contribution is -2.47. The van der Waals surface area contributed by atoms with Crippen LogP contribution in [0.25, 0.3) is 0 Å². The largest absolute Gasteiger partial charge is 0.480 e. The molecule has 5 nitrogen and oxygen atoms in total. The zero-order valence-corrected chi connectivity index (χ0v) is 14.1. The molecule has 1 aliphatic rings. The predicted octanol–water partition coefficient (Wildman–Crippen LogP) is 1.81. The molecule has 0 amide bonds. The second-order valence-corrected chi connectivity index (χ2v) is 6.39. The van der Waals surface area contributed by atoms with E-state index in [1.807, 2.05) is 6.07 Å². The minimum absolute atomic E-state index is 0.0138. The summed E-state index contributed by atoms with van der Waals surface area (Å²) in [6.45, 7) is 3.03. The van der Waals surface area contributed by atoms with Gasteiger partial charge < -0.3 is 9.84 Å². The van der Waals surface area contributed by atoms with E-state index in [9.17, 15) is 9.18 Å². The zero-order chi connectivity index (χ0) is 16.1. The number of carboxylic acid groups (broad SMARTS) is 1. The van der Waals surface area contributed by atoms with E-state index < -0.39 is 5.97 Å². The fourth-order valence-corrected chi connectivity index (χ4v) is 3.00. The van der Waals surface area contributed by atoms with Crippen LogP contribution in [0, 0.1) is 5.82 Å². The van der Waals surface area contributed by atoms with E-state index in [-0.39, 0.29) is 18.5 Å². The molecule has 1 heterocycles. The van der Waals surface area contributed by atoms with Crippen LogP contribution in [0.1, 0.15) is 5.56 Å². The van der Waals surface area contributed by atoms with Crippen LogP contribution in [0.15, 0.2) is 22.7 Å². The monoisotopic (exact) mass is 374 g/mol. The summed E-state index contributed by atoms with van der Waals surface area (Å²) in [6, 6.07) is 5.28. The fraction of sp³-hybridized carbons (Fsp3) is 0.533. The normalized spacial score (nSPS) is 19.5. The van der Waals surface area contributed by atoms with Gasteiger partial charge >= 0.3 is 5.97 Å². The quantitative estimate of drug-likeness (QED) is 0.822. The predicted molar refractivity (Wildman–Crippen MR) is 84.2 cm³/mol. The first kappa shape index (κ1) is 17.3. The second-order valence-electron chi connectivity index (χ2n) is 5.53. The highest BCUT2D eigenvalue weighted by Crippen LogP contribution is 2.20. The maximum absolute atomic E-state index is 14.0. The third-order valence-electron chi connectivity index (χ3n) is 3.57. The lowest BCUT2D eigenvalue weighted by atomic mass is 10.1. The van der Waals surface area contributed by atoms with Crippen LogP contribution < -0.4 is 0 Å². The molecule has 2 rings (SSSR count). The number of halogens is 2. The third-order valence-corrected chi connectivity index (χ3v) is 4.18. The van der Waals surface area contributed by atoms with Gasteiger partial charge in [-0.2, -0.15) is 0 Å². The third kappa shape index (κ3) is 5.01. The molecule has 0 aromatic heterocycles. The summed E-state index contributed by atoms with van der Waals surface area (Å²) in [6.07, 6.45) is -0.0617. The van der Waals surface area contributed by atoms with Crippen LogP contribution >= 0.6 is 15.9 Å². The molecule has 1 aliphatic heterocycles. The lowest BCUT2D eigenvalue weighted by molar-refractivity contribution is -0.138. The molecule has 7 heteroatoms. The Morgan fingerprint density at radius 3 is 3.09 bits per heavy atom. The minimum Gasteiger partial charge on any atom is -0.480 e. The average Bonchev–Trinajstić information content (AvgIpc) is 2.43. The zero-order valence-electron chi connectivity index (χ0n) is 12.5. The van der Waals surface area contributed by atoms with Crippen LogP contribution in [-0.4, -0.2) is 66.8 Å². The van der Waals surface area contributed by atoms with Crippen LogP contribution in [0.4, 0.5) is 4.39 Å². The standard InChI is InChI=1S/C15H20BrFN2O3/c1-18(10-14(20)21)8-12-9-19(5-6-22-12)7-11-3-2-4-13(16)15(11)17/h2-4,12H,5-10H2,1H3,(H,20,21). The number of ether oxygens (including phenoxy) is 1. The lowest BCUT2D eigenvalue weighted by Gasteiger charge is -2.34. The first-order chi connectivity index (χ1) is 10.5. The Hall–Kier alpha value is -1.02. The van der Waals surface area contributed by atoms with Crippen molar-refractivity contribution in [3.8, 4) is 0 Å². The maximum Gasteiger partial charge on any atom is 0.317 e. The molecule has 122 valence electrons. The van der Waals surface area contributed by atoms with Crippen molar-refractivity contribution >= 4 is 21.9 Å². The molecular formula is C15H20BrFN2O3. The van der Waals surface area contributed by atoms with Crippen LogP contribution in [-0.2, 0) is 16.1 Å². The van der Waals surface area contributed by atoms with Crippen molar-refractivity contribution < 1.29 is 19.0 Å². The minimum atomic E-state index is -0.855. The van der Waals surface area contributed by atoms with Crippen molar-refractivity contribution in [2.24, 2.45) is 0 Å². The molecule has 1 N–H and O–H groups in total. The summed E-state index contributed by atoms with van der Waals surface area (Å²) in [5.41, 5.74) is 0.647. The van der Waals surface area contributed by atoms with Gasteiger partial charge in [0.05, 0.1) is 23.7 Å². The Balaban J connectivity index is 1.90. The summed E-state index contributed by atoms with van der Waals surface area (Å²) in [5.74, 6) is -1.08. The van der Waals surface area contributed by atoms with E-state index in [0.29, 0.717) is 36.3 Å². The molecule has 0 radical (unpaired) electrons. The highest BCUT2D eigenvalue weighted by atomic mass is 79.9. The molecule has 0 saturated carbocycles. The average molecular weight is 375 g/mol. The maximum atomic E-state index is 14.0. The van der Waals surface area contributed by atoms with Crippen molar-refractivity contribution in [1.82, 2.24) is 9.80 Å². The number of carboxylic acids is 1. The van der Waals surface area contributed by atoms with Crippen molar-refractivity contribution in [3.63, 3.8) is 0 Å². The van der Waals surface area contributed by atoms with E-state index in [4.69, 9.17) is 9.84 Å². The van der Waals surface area contributed by atoms with Gasteiger partial charge in [-0.15, -0.1) is 0 Å². The Morgan fingerprint density at radius 1 is 1.59 bits per heavy atom. The van der Waals surface area contributed by atoms with Gasteiger partial charge in [-0.05, 0) is 29.0 Å². The van der Waals surface area contributed by atoms with Gasteiger partial charge in [0.25, 0.3) is 0 Å². The van der Waals surface area contributed by atoms with Gasteiger partial charge in [0.2, 0.25) is 0 Å². The van der Waals surface area contributed by atoms with Gasteiger partial charge in [-0.1, -0.05) is 12.1 Å². The first-order valence-electron chi connectivity index (χ1n) is 7.13. The molecule has 1 unspecified atom stereocenters. The van der Waals surface area contributed by atoms with Gasteiger partial charge in [0.1, 0.15) is 5.82 Å². The summed E-state index contributed by atoms with van der Waals surface area (Å²) in [4.78, 5) is 14.5. The molecule has 0 bridgehead atoms. The van der Waals surface area contributed by atoms with Crippen molar-refractivity contribution in [2.75, 3.05) is 39.8 Å². The van der Waals surface area contributed by atoms with Gasteiger partial charge in [-0.25, -0.2) is 4.39 Å². The Morgan fingerprint density at radius 2 is 2.36 bits per heavy atom. The molecule has 1 fully saturated rings. The molecule has 22 heavy (non-hydrogen) atoms. The molecule has 0 aliphatic carbocycles. The number of likely N-dealkylation sites (N-methyl/N-ethyl adjacent to an activating group) is 1. The van der Waals surface area contributed by atoms with Gasteiger partial charge in [0, 0.05) is 31.7 Å². The highest BCUT2D eigenvalue weighted by Gasteiger charge is 2.23. The molecule has 1 atom stereocenters. The molecule has 1 aromatic rings. The second kappa shape index (κ2) is 8.01. The Kier molecular flexibility index (Phi) is 6.31. The summed E-state index contributed by atoms with van der Waals surface area (Å²) >= 11 is 3.20. The smallest absolute Gasteiger partial charge is 0.317 e. The van der Waals surface area contributed by atoms with E-state index in [0.717, 1.165) is 6.54 Å². The molecule has 1 aromatic carbocycles. The number of nitrogens with zero attached hydrogens (tertiary/aromatic N) is 2. The summed E-state index contributed by atoms with van der Waals surface area (Å²) < 4.78 is 20.2. The molecule has 0 spiro atoms. The van der Waals surface area contributed by atoms with Crippen molar-refractivity contribution in [2.45, 2.75) is 12.6 Å². The number of hydrogen-bond donors (Lipinski definition) is 1. The number of carbonyl (C=O) groups is 1. The van der Waals surface area contributed by atoms with Crippen LogP contribution in [0.2, 0.25) is 0 Å². The van der Waals surface area contributed by atoms with E-state index in [1.54, 1.807) is 24.1 Å². The summed E-state index contributed by atoms with van der Waals surface area (Å²) in [5, 5.41) is 8.78. The molecular weight excluding hydrogens is 355 g/mol. The van der Waals surface area contributed by atoms with E-state index in [1.165, 1.54) is 0 Å². The molecule has 1 saturated heterocycles. The number of morpholine rings is 1. The first-order valence-corrected chi connectivity index (χ1v) is 7.92. The summed E-state index contributed by atoms with van der Waals surface area (Å²) in [7, 11) is 1.75. The van der Waals surface area contributed by atoms with Gasteiger partial charge in [0.15, 0.2) is 0 Å². The number of hydrogen-bond acceptors (Lipinski definition) is 4. The van der Waals surface area contributed by atoms with Crippen LogP contribution in [0.5, 0.6) is 0 Å². The van der Waals surface area contributed by atoms with Crippen molar-refractivity contribution in [3.05, 3.63) is 34.1 Å². The SMILES string of the molecule is CN(CC(=O)O)CC1CN(Cc2cccc(Br)c2F)CCO1. The number of rotatable bonds is 6. The van der Waals surface area contributed by atoms with Crippen molar-refractivity contribution in [1.29, 1.82) is 0 Å². The van der Waals surface area contributed by atoms with Crippen LogP contribution in [0.3, 0.4) is 0 Å². The van der Waals surface area contributed by atoms with E-state index >= 15 is 0 Å². The Labute approximate surface area is 137 Å². The topological polar surface area (TPSA) is 53.0 Å². The fourth-order valence-electron chi connectivity index (χ4n) is 2.59. The highest BCUT2D eigenvalue weighted by molar-refractivity contribution is 9.10.